The van der Waals surface area contributed by atoms with E-state index in [1.165, 1.54) is 0 Å². The Hall–Kier alpha value is -1.88. The first kappa shape index (κ1) is 12.2. The van der Waals surface area contributed by atoms with E-state index < -0.39 is 11.9 Å². The normalized spacial score (nSPS) is 11.8. The quantitative estimate of drug-likeness (QED) is 0.629. The highest BCUT2D eigenvalue weighted by Crippen LogP contribution is 2.11. The molecule has 0 fully saturated rings. The largest absolute Gasteiger partial charge is 0.368 e. The summed E-state index contributed by atoms with van der Waals surface area (Å²) in [5, 5.41) is 5.26. The molecule has 0 heterocycles. The van der Waals surface area contributed by atoms with Gasteiger partial charge in [-0.05, 0) is 12.6 Å². The average Bonchev–Trinajstić information content (AvgIpc) is 2.27. The van der Waals surface area contributed by atoms with E-state index in [1.54, 1.807) is 31.3 Å². The number of carbonyl (C=O) groups is 2. The summed E-state index contributed by atoms with van der Waals surface area (Å²) in [4.78, 5) is 22.6. The Labute approximate surface area is 94.0 Å². The molecule has 0 radical (unpaired) electrons. The summed E-state index contributed by atoms with van der Waals surface area (Å²) < 4.78 is 0. The molecule has 86 valence electrons. The van der Waals surface area contributed by atoms with Crippen molar-refractivity contribution in [2.75, 3.05) is 13.6 Å². The minimum atomic E-state index is -0.776. The van der Waals surface area contributed by atoms with Crippen molar-refractivity contribution < 1.29 is 9.59 Å². The second-order valence-electron chi connectivity index (χ2n) is 3.34. The Morgan fingerprint density at radius 2 is 1.94 bits per heavy atom. The number of carbonyl (C=O) groups excluding carboxylic acids is 2. The van der Waals surface area contributed by atoms with Crippen molar-refractivity contribution in [2.24, 2.45) is 5.73 Å². The molecule has 0 aromatic heterocycles. The van der Waals surface area contributed by atoms with Gasteiger partial charge in [0.25, 0.3) is 0 Å². The third-order valence-corrected chi connectivity index (χ3v) is 2.06. The lowest BCUT2D eigenvalue weighted by Gasteiger charge is -2.15. The third-order valence-electron chi connectivity index (χ3n) is 2.06. The van der Waals surface area contributed by atoms with Crippen LogP contribution in [0.15, 0.2) is 30.3 Å². The van der Waals surface area contributed by atoms with E-state index in [2.05, 4.69) is 10.6 Å². The second-order valence-corrected chi connectivity index (χ2v) is 3.34. The number of nitrogens with two attached hydrogens (primary N) is 1. The van der Waals surface area contributed by atoms with Crippen molar-refractivity contribution in [1.29, 1.82) is 0 Å². The van der Waals surface area contributed by atoms with Gasteiger partial charge in [0.2, 0.25) is 11.8 Å². The fourth-order valence-electron chi connectivity index (χ4n) is 1.34. The number of nitrogens with one attached hydrogen (secondary N) is 2. The molecule has 0 aliphatic heterocycles. The van der Waals surface area contributed by atoms with Crippen LogP contribution in [0.5, 0.6) is 0 Å². The molecule has 0 bridgehead atoms. The summed E-state index contributed by atoms with van der Waals surface area (Å²) in [5.74, 6) is -0.842. The van der Waals surface area contributed by atoms with Crippen LogP contribution in [0.3, 0.4) is 0 Å². The van der Waals surface area contributed by atoms with Crippen LogP contribution in [0.1, 0.15) is 11.6 Å². The van der Waals surface area contributed by atoms with Crippen LogP contribution in [0.4, 0.5) is 0 Å². The molecular formula is C11H15N3O2. The van der Waals surface area contributed by atoms with Crippen LogP contribution < -0.4 is 16.4 Å². The summed E-state index contributed by atoms with van der Waals surface area (Å²) in [5.41, 5.74) is 5.92. The Balaban J connectivity index is 2.77. The molecule has 0 saturated carbocycles. The van der Waals surface area contributed by atoms with Crippen LogP contribution in [-0.2, 0) is 9.59 Å². The standard InChI is InChI=1S/C11H15N3O2/c1-13-7-9(15)14-10(11(12)16)8-5-3-2-4-6-8/h2-6,10,13H,7H2,1H3,(H2,12,16)(H,14,15). The molecule has 1 unspecified atom stereocenters. The predicted molar refractivity (Wildman–Crippen MR) is 60.4 cm³/mol. The molecule has 0 aliphatic rings. The first-order chi connectivity index (χ1) is 7.65. The van der Waals surface area contributed by atoms with Crippen LogP contribution in [0, 0.1) is 0 Å². The Morgan fingerprint density at radius 3 is 2.44 bits per heavy atom. The van der Waals surface area contributed by atoms with Crippen LogP contribution in [0.25, 0.3) is 0 Å². The van der Waals surface area contributed by atoms with Crippen LogP contribution >= 0.6 is 0 Å². The first-order valence-corrected chi connectivity index (χ1v) is 4.93. The number of rotatable bonds is 5. The number of benzene rings is 1. The van der Waals surface area contributed by atoms with Crippen molar-refractivity contribution in [3.8, 4) is 0 Å². The number of likely N-dealkylation sites (N-methyl/N-ethyl adjacent to an activating group) is 1. The zero-order valence-corrected chi connectivity index (χ0v) is 9.07. The maximum atomic E-state index is 11.3. The molecule has 1 aromatic carbocycles. The van der Waals surface area contributed by atoms with E-state index in [-0.39, 0.29) is 12.5 Å². The van der Waals surface area contributed by atoms with E-state index in [4.69, 9.17) is 5.73 Å². The monoisotopic (exact) mass is 221 g/mol. The SMILES string of the molecule is CNCC(=O)NC(C(N)=O)c1ccccc1. The molecule has 1 aromatic rings. The molecule has 16 heavy (non-hydrogen) atoms. The van der Waals surface area contributed by atoms with Gasteiger partial charge in [-0.3, -0.25) is 9.59 Å². The summed E-state index contributed by atoms with van der Waals surface area (Å²) >= 11 is 0. The number of hydrogen-bond acceptors (Lipinski definition) is 3. The highest BCUT2D eigenvalue weighted by molar-refractivity contribution is 5.88. The Bertz CT molecular complexity index is 365. The summed E-state index contributed by atoms with van der Waals surface area (Å²) in [6.07, 6.45) is 0. The molecule has 4 N–H and O–H groups in total. The molecule has 0 saturated heterocycles. The van der Waals surface area contributed by atoms with E-state index in [0.717, 1.165) is 0 Å². The van der Waals surface area contributed by atoms with Crippen LogP contribution in [-0.4, -0.2) is 25.4 Å². The molecule has 1 atom stereocenters. The highest BCUT2D eigenvalue weighted by atomic mass is 16.2. The topological polar surface area (TPSA) is 84.2 Å². The van der Waals surface area contributed by atoms with Gasteiger partial charge in [-0.1, -0.05) is 30.3 Å². The zero-order chi connectivity index (χ0) is 12.0. The van der Waals surface area contributed by atoms with E-state index in [0.29, 0.717) is 5.56 Å². The maximum Gasteiger partial charge on any atom is 0.244 e. The average molecular weight is 221 g/mol. The van der Waals surface area contributed by atoms with Crippen molar-refractivity contribution in [3.63, 3.8) is 0 Å². The molecule has 0 aliphatic carbocycles. The van der Waals surface area contributed by atoms with Crippen molar-refractivity contribution >= 4 is 11.8 Å². The fraction of sp³-hybridized carbons (Fsp3) is 0.273. The Morgan fingerprint density at radius 1 is 1.31 bits per heavy atom. The van der Waals surface area contributed by atoms with Crippen molar-refractivity contribution in [1.82, 2.24) is 10.6 Å². The molecular weight excluding hydrogens is 206 g/mol. The smallest absolute Gasteiger partial charge is 0.244 e. The lowest BCUT2D eigenvalue weighted by molar-refractivity contribution is -0.127. The summed E-state index contributed by atoms with van der Waals surface area (Å²) in [7, 11) is 1.65. The van der Waals surface area contributed by atoms with Crippen molar-refractivity contribution in [2.45, 2.75) is 6.04 Å². The predicted octanol–water partition coefficient (Wildman–Crippen LogP) is -0.451. The van der Waals surface area contributed by atoms with Gasteiger partial charge in [0.05, 0.1) is 6.54 Å². The second kappa shape index (κ2) is 5.87. The Kier molecular flexibility index (Phi) is 4.47. The maximum absolute atomic E-state index is 11.3. The van der Waals surface area contributed by atoms with Crippen LogP contribution in [0.2, 0.25) is 0 Å². The van der Waals surface area contributed by atoms with Gasteiger partial charge in [-0.15, -0.1) is 0 Å². The third kappa shape index (κ3) is 3.36. The molecule has 1 rings (SSSR count). The van der Waals surface area contributed by atoms with Crippen molar-refractivity contribution in [3.05, 3.63) is 35.9 Å². The van der Waals surface area contributed by atoms with Gasteiger partial charge in [-0.2, -0.15) is 0 Å². The minimum absolute atomic E-state index is 0.149. The van der Waals surface area contributed by atoms with Gasteiger partial charge in [0.1, 0.15) is 6.04 Å². The molecule has 2 amide bonds. The minimum Gasteiger partial charge on any atom is -0.368 e. The molecule has 5 heteroatoms. The lowest BCUT2D eigenvalue weighted by Crippen LogP contribution is -2.40. The van der Waals surface area contributed by atoms with E-state index >= 15 is 0 Å². The highest BCUT2D eigenvalue weighted by Gasteiger charge is 2.19. The summed E-state index contributed by atoms with van der Waals surface area (Å²) in [6, 6.07) is 8.12. The zero-order valence-electron chi connectivity index (χ0n) is 9.07. The van der Waals surface area contributed by atoms with Gasteiger partial charge in [0.15, 0.2) is 0 Å². The van der Waals surface area contributed by atoms with Gasteiger partial charge in [-0.25, -0.2) is 0 Å². The van der Waals surface area contributed by atoms with Gasteiger partial charge in [0, 0.05) is 0 Å². The summed E-state index contributed by atoms with van der Waals surface area (Å²) in [6.45, 7) is 0.149. The lowest BCUT2D eigenvalue weighted by atomic mass is 10.1. The van der Waals surface area contributed by atoms with Gasteiger partial charge < -0.3 is 16.4 Å². The van der Waals surface area contributed by atoms with E-state index in [9.17, 15) is 9.59 Å². The fourth-order valence-corrected chi connectivity index (χ4v) is 1.34. The van der Waals surface area contributed by atoms with E-state index in [1.807, 2.05) is 6.07 Å². The van der Waals surface area contributed by atoms with Gasteiger partial charge >= 0.3 is 0 Å². The number of amides is 2. The molecule has 0 spiro atoms. The number of primary amides is 1. The first-order valence-electron chi connectivity index (χ1n) is 4.93. The number of hydrogen-bond donors (Lipinski definition) is 3. The molecule has 5 nitrogen and oxygen atoms in total.